The van der Waals surface area contributed by atoms with Gasteiger partial charge in [0.2, 0.25) is 0 Å². The number of benzene rings is 5. The van der Waals surface area contributed by atoms with Gasteiger partial charge < -0.3 is 0 Å². The zero-order valence-electron chi connectivity index (χ0n) is 17.1. The van der Waals surface area contributed by atoms with Crippen molar-refractivity contribution in [1.82, 2.24) is 0 Å². The second kappa shape index (κ2) is 7.90. The van der Waals surface area contributed by atoms with E-state index in [1.165, 1.54) is 37.8 Å². The zero-order valence-corrected chi connectivity index (χ0v) is 18.1. The zero-order chi connectivity index (χ0) is 20.4. The molecule has 1 heteroatoms. The average molecular weight is 404 g/mol. The van der Waals surface area contributed by atoms with Crippen molar-refractivity contribution in [3.8, 4) is 11.1 Å². The molecule has 0 aliphatic rings. The van der Waals surface area contributed by atoms with Gasteiger partial charge in [0.25, 0.3) is 0 Å². The Morgan fingerprint density at radius 3 is 1.63 bits per heavy atom. The molecule has 5 aromatic carbocycles. The molecule has 0 spiro atoms. The third-order valence-corrected chi connectivity index (χ3v) is 10.7. The van der Waals surface area contributed by atoms with Crippen LogP contribution in [-0.2, 0) is 0 Å². The molecular formula is C29H25P. The van der Waals surface area contributed by atoms with Crippen molar-refractivity contribution in [2.24, 2.45) is 0 Å². The van der Waals surface area contributed by atoms with Gasteiger partial charge in [-0.15, -0.1) is 0 Å². The SMILES string of the molecule is C[PH](c1ccccc1)(c1ccccc1)c1ccccc1-c1cccc2ccccc12. The van der Waals surface area contributed by atoms with Gasteiger partial charge in [0.15, 0.2) is 0 Å². The standard InChI is InChI=1S/C29H25P/c1-30(24-15-4-2-5-16-24,25-17-6-3-7-18-25)29-22-11-10-20-28(29)27-21-12-14-23-13-8-9-19-26(23)27/h2-22,30H,1H3. The summed E-state index contributed by atoms with van der Waals surface area (Å²) in [5, 5.41) is 6.92. The molecule has 0 unspecified atom stereocenters. The molecule has 30 heavy (non-hydrogen) atoms. The molecule has 0 saturated carbocycles. The van der Waals surface area contributed by atoms with Crippen molar-refractivity contribution in [2.45, 2.75) is 0 Å². The van der Waals surface area contributed by atoms with Gasteiger partial charge >= 0.3 is 179 Å². The predicted octanol–water partition coefficient (Wildman–Crippen LogP) is 6.16. The van der Waals surface area contributed by atoms with E-state index in [4.69, 9.17) is 0 Å². The number of fused-ring (bicyclic) bond motifs is 1. The summed E-state index contributed by atoms with van der Waals surface area (Å²) in [5.74, 6) is 0. The molecular weight excluding hydrogens is 379 g/mol. The monoisotopic (exact) mass is 404 g/mol. The summed E-state index contributed by atoms with van der Waals surface area (Å²) in [7, 11) is -2.19. The fraction of sp³-hybridized carbons (Fsp3) is 0.0345. The van der Waals surface area contributed by atoms with Crippen molar-refractivity contribution in [3.05, 3.63) is 127 Å². The van der Waals surface area contributed by atoms with E-state index in [1.807, 2.05) is 0 Å². The van der Waals surface area contributed by atoms with Crippen LogP contribution in [0.4, 0.5) is 0 Å². The van der Waals surface area contributed by atoms with E-state index in [0.29, 0.717) is 0 Å². The number of hydrogen-bond donors (Lipinski definition) is 0. The summed E-state index contributed by atoms with van der Waals surface area (Å²) in [6, 6.07) is 46.5. The van der Waals surface area contributed by atoms with Gasteiger partial charge in [-0.2, -0.15) is 0 Å². The molecule has 0 bridgehead atoms. The van der Waals surface area contributed by atoms with E-state index in [1.54, 1.807) is 0 Å². The van der Waals surface area contributed by atoms with Crippen molar-refractivity contribution in [1.29, 1.82) is 0 Å². The maximum atomic E-state index is 2.49. The number of hydrogen-bond acceptors (Lipinski definition) is 0. The summed E-state index contributed by atoms with van der Waals surface area (Å²) < 4.78 is 0. The van der Waals surface area contributed by atoms with Crippen LogP contribution in [0.25, 0.3) is 21.9 Å². The first kappa shape index (κ1) is 18.8. The fourth-order valence-corrected chi connectivity index (χ4v) is 8.49. The van der Waals surface area contributed by atoms with Gasteiger partial charge in [-0.3, -0.25) is 0 Å². The molecule has 0 N–H and O–H groups in total. The van der Waals surface area contributed by atoms with Crippen molar-refractivity contribution < 1.29 is 0 Å². The van der Waals surface area contributed by atoms with E-state index < -0.39 is 7.26 Å². The van der Waals surface area contributed by atoms with Crippen molar-refractivity contribution in [3.63, 3.8) is 0 Å². The van der Waals surface area contributed by atoms with Crippen LogP contribution in [0, 0.1) is 0 Å². The molecule has 146 valence electrons. The molecule has 0 aliphatic carbocycles. The normalized spacial score (nSPS) is 12.0. The van der Waals surface area contributed by atoms with Crippen LogP contribution in [0.2, 0.25) is 0 Å². The van der Waals surface area contributed by atoms with Gasteiger partial charge in [-0.05, 0) is 0 Å². The molecule has 0 heterocycles. The van der Waals surface area contributed by atoms with Crippen LogP contribution in [0.15, 0.2) is 127 Å². The Balaban J connectivity index is 1.83. The molecule has 0 saturated heterocycles. The van der Waals surface area contributed by atoms with Gasteiger partial charge in [-0.1, -0.05) is 0 Å². The molecule has 0 aromatic heterocycles. The third-order valence-electron chi connectivity index (χ3n) is 6.25. The Bertz CT molecular complexity index is 1250. The van der Waals surface area contributed by atoms with E-state index >= 15 is 0 Å². The molecule has 5 aromatic rings. The first-order valence-electron chi connectivity index (χ1n) is 10.5. The Hall–Kier alpha value is -3.21. The van der Waals surface area contributed by atoms with E-state index in [-0.39, 0.29) is 0 Å². The Morgan fingerprint density at radius 1 is 0.433 bits per heavy atom. The van der Waals surface area contributed by atoms with Crippen LogP contribution in [-0.4, -0.2) is 6.66 Å². The van der Waals surface area contributed by atoms with E-state index in [2.05, 4.69) is 134 Å². The van der Waals surface area contributed by atoms with Gasteiger partial charge in [0, 0.05) is 0 Å². The molecule has 0 atom stereocenters. The molecule has 5 rings (SSSR count). The van der Waals surface area contributed by atoms with Gasteiger partial charge in [0.05, 0.1) is 0 Å². The van der Waals surface area contributed by atoms with Gasteiger partial charge in [0.1, 0.15) is 0 Å². The summed E-state index contributed by atoms with van der Waals surface area (Å²) in [5.41, 5.74) is 2.66. The third kappa shape index (κ3) is 3.15. The second-order valence-electron chi connectivity index (χ2n) is 7.93. The van der Waals surface area contributed by atoms with Gasteiger partial charge in [-0.25, -0.2) is 0 Å². The predicted molar refractivity (Wildman–Crippen MR) is 135 cm³/mol. The van der Waals surface area contributed by atoms with Crippen molar-refractivity contribution >= 4 is 33.9 Å². The van der Waals surface area contributed by atoms with Crippen LogP contribution in [0.1, 0.15) is 0 Å². The Labute approximate surface area is 179 Å². The second-order valence-corrected chi connectivity index (χ2v) is 11.9. The molecule has 0 radical (unpaired) electrons. The fourth-order valence-electron chi connectivity index (χ4n) is 4.63. The maximum absolute atomic E-state index is 2.49. The first-order chi connectivity index (χ1) is 14.8. The topological polar surface area (TPSA) is 0 Å². The minimum atomic E-state index is -2.19. The van der Waals surface area contributed by atoms with E-state index in [9.17, 15) is 0 Å². The van der Waals surface area contributed by atoms with E-state index in [0.717, 1.165) is 0 Å². The van der Waals surface area contributed by atoms with Crippen LogP contribution in [0.5, 0.6) is 0 Å². The van der Waals surface area contributed by atoms with Crippen LogP contribution >= 0.6 is 7.26 Å². The number of rotatable bonds is 4. The van der Waals surface area contributed by atoms with Crippen molar-refractivity contribution in [2.75, 3.05) is 6.66 Å². The quantitative estimate of drug-likeness (QED) is 0.315. The molecule has 0 aliphatic heterocycles. The minimum absolute atomic E-state index is 1.28. The summed E-state index contributed by atoms with van der Waals surface area (Å²) in [4.78, 5) is 0. The summed E-state index contributed by atoms with van der Waals surface area (Å²) in [6.45, 7) is 2.49. The molecule has 0 fully saturated rings. The Morgan fingerprint density at radius 2 is 0.933 bits per heavy atom. The Kier molecular flexibility index (Phi) is 4.95. The first-order valence-corrected chi connectivity index (χ1v) is 13.0. The van der Waals surface area contributed by atoms with Crippen LogP contribution in [0.3, 0.4) is 0 Å². The molecule has 0 amide bonds. The summed E-state index contributed by atoms with van der Waals surface area (Å²) in [6.07, 6.45) is 0. The average Bonchev–Trinajstić information content (AvgIpc) is 2.84. The molecule has 0 nitrogen and oxygen atoms in total. The summed E-state index contributed by atoms with van der Waals surface area (Å²) >= 11 is 0. The van der Waals surface area contributed by atoms with Crippen LogP contribution < -0.4 is 15.9 Å².